The van der Waals surface area contributed by atoms with E-state index in [1.54, 1.807) is 18.2 Å². The van der Waals surface area contributed by atoms with E-state index in [-0.39, 0.29) is 12.4 Å². The second-order valence-corrected chi connectivity index (χ2v) is 3.28. The Balaban J connectivity index is 2.92. The molecule has 16 heavy (non-hydrogen) atoms. The number of anilines is 1. The summed E-state index contributed by atoms with van der Waals surface area (Å²) in [4.78, 5) is 16.2. The molecule has 0 radical (unpaired) electrons. The highest BCUT2D eigenvalue weighted by atomic mass is 35.5. The molecule has 1 aromatic rings. The number of amides is 1. The van der Waals surface area contributed by atoms with E-state index in [1.807, 2.05) is 0 Å². The fraction of sp³-hybridized carbons (Fsp3) is 0.273. The summed E-state index contributed by atoms with van der Waals surface area (Å²) in [7, 11) is 0. The molecule has 0 saturated heterocycles. The van der Waals surface area contributed by atoms with Gasteiger partial charge in [0.05, 0.1) is 11.6 Å². The van der Waals surface area contributed by atoms with Crippen molar-refractivity contribution >= 4 is 23.5 Å². The van der Waals surface area contributed by atoms with Gasteiger partial charge in [0.2, 0.25) is 0 Å². The lowest BCUT2D eigenvalue weighted by Gasteiger charge is -2.17. The minimum absolute atomic E-state index is 0.227. The highest BCUT2D eigenvalue weighted by Crippen LogP contribution is 2.13. The lowest BCUT2D eigenvalue weighted by molar-refractivity contribution is 0.201. The number of terminal acetylenes is 1. The van der Waals surface area contributed by atoms with Gasteiger partial charge in [0.1, 0.15) is 5.82 Å². The molecule has 1 N–H and O–H groups in total. The lowest BCUT2D eigenvalue weighted by atomic mass is 10.3. The summed E-state index contributed by atoms with van der Waals surface area (Å²) in [6.07, 6.45) is 4.37. The van der Waals surface area contributed by atoms with Gasteiger partial charge in [0.25, 0.3) is 0 Å². The Kier molecular flexibility index (Phi) is 4.62. The Bertz CT molecular complexity index is 415. The van der Waals surface area contributed by atoms with Gasteiger partial charge in [-0.3, -0.25) is 4.90 Å². The minimum Gasteiger partial charge on any atom is -0.465 e. The maximum absolute atomic E-state index is 11.0. The maximum atomic E-state index is 11.0. The van der Waals surface area contributed by atoms with Crippen LogP contribution in [0.5, 0.6) is 0 Å². The fourth-order valence-electron chi connectivity index (χ4n) is 1.18. The quantitative estimate of drug-likeness (QED) is 0.647. The third kappa shape index (κ3) is 3.14. The molecular weight excluding hydrogens is 228 g/mol. The molecule has 1 rings (SSSR count). The first-order valence-electron chi connectivity index (χ1n) is 4.65. The molecule has 5 heteroatoms. The number of hydrogen-bond acceptors (Lipinski definition) is 2. The molecule has 0 spiro atoms. The number of carboxylic acid groups (broad SMARTS) is 1. The van der Waals surface area contributed by atoms with Crippen molar-refractivity contribution in [2.24, 2.45) is 0 Å². The average molecular weight is 239 g/mol. The van der Waals surface area contributed by atoms with Crippen LogP contribution in [-0.2, 0) is 5.88 Å². The van der Waals surface area contributed by atoms with E-state index in [2.05, 4.69) is 10.9 Å². The van der Waals surface area contributed by atoms with Crippen LogP contribution < -0.4 is 4.90 Å². The second kappa shape index (κ2) is 5.99. The van der Waals surface area contributed by atoms with E-state index >= 15 is 0 Å². The standard InChI is InChI=1S/C11H11ClN2O2/c1-2-3-7-14(11(15)16)10-6-4-5-9(8-12)13-10/h1,4-6H,3,7-8H2,(H,15,16). The van der Waals surface area contributed by atoms with Gasteiger partial charge in [-0.05, 0) is 12.1 Å². The summed E-state index contributed by atoms with van der Waals surface area (Å²) in [5.41, 5.74) is 0.631. The third-order valence-electron chi connectivity index (χ3n) is 1.92. The summed E-state index contributed by atoms with van der Waals surface area (Å²) in [5.74, 6) is 2.99. The number of aromatic nitrogens is 1. The molecule has 0 atom stereocenters. The zero-order valence-electron chi connectivity index (χ0n) is 8.56. The average Bonchev–Trinajstić information content (AvgIpc) is 2.29. The van der Waals surface area contributed by atoms with Gasteiger partial charge in [-0.1, -0.05) is 6.07 Å². The number of alkyl halides is 1. The predicted molar refractivity (Wildman–Crippen MR) is 62.6 cm³/mol. The van der Waals surface area contributed by atoms with Gasteiger partial charge < -0.3 is 5.11 Å². The predicted octanol–water partition coefficient (Wildman–Crippen LogP) is 2.33. The van der Waals surface area contributed by atoms with Gasteiger partial charge in [-0.2, -0.15) is 0 Å². The zero-order chi connectivity index (χ0) is 12.0. The van der Waals surface area contributed by atoms with E-state index in [9.17, 15) is 4.79 Å². The number of pyridine rings is 1. The van der Waals surface area contributed by atoms with Crippen LogP contribution in [0.4, 0.5) is 10.6 Å². The highest BCUT2D eigenvalue weighted by molar-refractivity contribution is 6.16. The monoisotopic (exact) mass is 238 g/mol. The molecule has 1 aromatic heterocycles. The largest absolute Gasteiger partial charge is 0.465 e. The van der Waals surface area contributed by atoms with E-state index in [0.717, 1.165) is 4.90 Å². The van der Waals surface area contributed by atoms with E-state index < -0.39 is 6.09 Å². The molecule has 0 aliphatic heterocycles. The lowest BCUT2D eigenvalue weighted by Crippen LogP contribution is -2.31. The van der Waals surface area contributed by atoms with Crippen LogP contribution in [0.2, 0.25) is 0 Å². The molecular formula is C11H11ClN2O2. The molecule has 84 valence electrons. The molecule has 0 saturated carbocycles. The van der Waals surface area contributed by atoms with Crippen molar-refractivity contribution in [1.29, 1.82) is 0 Å². The number of carbonyl (C=O) groups is 1. The molecule has 1 heterocycles. The SMILES string of the molecule is C#CCCN(C(=O)O)c1cccc(CCl)n1. The molecule has 0 bridgehead atoms. The third-order valence-corrected chi connectivity index (χ3v) is 2.19. The molecule has 0 fully saturated rings. The molecule has 0 aromatic carbocycles. The Morgan fingerprint density at radius 1 is 1.62 bits per heavy atom. The summed E-state index contributed by atoms with van der Waals surface area (Å²) < 4.78 is 0. The smallest absolute Gasteiger partial charge is 0.413 e. The highest BCUT2D eigenvalue weighted by Gasteiger charge is 2.14. The zero-order valence-corrected chi connectivity index (χ0v) is 9.31. The number of hydrogen-bond donors (Lipinski definition) is 1. The minimum atomic E-state index is -1.07. The van der Waals surface area contributed by atoms with Crippen LogP contribution >= 0.6 is 11.6 Å². The van der Waals surface area contributed by atoms with Crippen molar-refractivity contribution in [3.8, 4) is 12.3 Å². The van der Waals surface area contributed by atoms with Crippen LogP contribution in [0.1, 0.15) is 12.1 Å². The number of rotatable bonds is 4. The first-order valence-corrected chi connectivity index (χ1v) is 5.18. The number of halogens is 1. The van der Waals surface area contributed by atoms with Crippen LogP contribution in [0.25, 0.3) is 0 Å². The summed E-state index contributed by atoms with van der Waals surface area (Å²) in [6, 6.07) is 5.06. The van der Waals surface area contributed by atoms with Crippen molar-refractivity contribution in [3.05, 3.63) is 23.9 Å². The topological polar surface area (TPSA) is 53.4 Å². The van der Waals surface area contributed by atoms with Crippen LogP contribution in [-0.4, -0.2) is 22.7 Å². The van der Waals surface area contributed by atoms with Gasteiger partial charge in [-0.15, -0.1) is 23.9 Å². The first-order chi connectivity index (χ1) is 7.69. The molecule has 0 aliphatic carbocycles. The van der Waals surface area contributed by atoms with Crippen molar-refractivity contribution in [2.45, 2.75) is 12.3 Å². The van der Waals surface area contributed by atoms with Gasteiger partial charge in [0.15, 0.2) is 0 Å². The van der Waals surface area contributed by atoms with Crippen molar-refractivity contribution in [3.63, 3.8) is 0 Å². The van der Waals surface area contributed by atoms with Crippen LogP contribution in [0.3, 0.4) is 0 Å². The van der Waals surface area contributed by atoms with Crippen molar-refractivity contribution < 1.29 is 9.90 Å². The maximum Gasteiger partial charge on any atom is 0.413 e. The molecule has 4 nitrogen and oxygen atoms in total. The normalized spacial score (nSPS) is 9.50. The Morgan fingerprint density at radius 3 is 2.94 bits per heavy atom. The summed E-state index contributed by atoms with van der Waals surface area (Å²) in [5, 5.41) is 9.00. The first kappa shape index (κ1) is 12.3. The van der Waals surface area contributed by atoms with Crippen LogP contribution in [0, 0.1) is 12.3 Å². The van der Waals surface area contributed by atoms with E-state index in [1.165, 1.54) is 0 Å². The van der Waals surface area contributed by atoms with E-state index in [4.69, 9.17) is 23.1 Å². The Morgan fingerprint density at radius 2 is 2.38 bits per heavy atom. The molecule has 0 aliphatic rings. The fourth-order valence-corrected chi connectivity index (χ4v) is 1.33. The number of nitrogens with zero attached hydrogens (tertiary/aromatic N) is 2. The van der Waals surface area contributed by atoms with Gasteiger partial charge >= 0.3 is 6.09 Å². The Labute approximate surface area is 98.9 Å². The molecule has 0 unspecified atom stereocenters. The molecule has 1 amide bonds. The van der Waals surface area contributed by atoms with Gasteiger partial charge in [-0.25, -0.2) is 9.78 Å². The van der Waals surface area contributed by atoms with E-state index in [0.29, 0.717) is 17.9 Å². The van der Waals surface area contributed by atoms with Crippen molar-refractivity contribution in [2.75, 3.05) is 11.4 Å². The summed E-state index contributed by atoms with van der Waals surface area (Å²) >= 11 is 5.63. The summed E-state index contributed by atoms with van der Waals surface area (Å²) in [6.45, 7) is 0.227. The van der Waals surface area contributed by atoms with Crippen molar-refractivity contribution in [1.82, 2.24) is 4.98 Å². The van der Waals surface area contributed by atoms with Crippen LogP contribution in [0.15, 0.2) is 18.2 Å². The second-order valence-electron chi connectivity index (χ2n) is 3.01. The van der Waals surface area contributed by atoms with Gasteiger partial charge in [0, 0.05) is 13.0 Å². The Hall–Kier alpha value is -1.73.